The van der Waals surface area contributed by atoms with Gasteiger partial charge in [-0.25, -0.2) is 8.42 Å². The predicted molar refractivity (Wildman–Crippen MR) is 111 cm³/mol. The van der Waals surface area contributed by atoms with E-state index in [1.165, 1.54) is 35.5 Å². The Morgan fingerprint density at radius 1 is 0.967 bits per heavy atom. The number of para-hydroxylation sites is 1. The van der Waals surface area contributed by atoms with Gasteiger partial charge in [0.05, 0.1) is 10.8 Å². The lowest BCUT2D eigenvalue weighted by atomic mass is 9.95. The molecular weight excluding hydrogens is 404 g/mol. The molecule has 2 aromatic rings. The van der Waals surface area contributed by atoms with Crippen LogP contribution in [0.15, 0.2) is 53.4 Å². The minimum atomic E-state index is -3.66. The molecule has 1 atom stereocenters. The summed E-state index contributed by atoms with van der Waals surface area (Å²) in [4.78, 5) is 26.2. The Labute approximate surface area is 176 Å². The molecule has 0 spiro atoms. The zero-order chi connectivity index (χ0) is 21.3. The Hall–Kier alpha value is -2.71. The second-order valence-electron chi connectivity index (χ2n) is 7.63. The zero-order valence-corrected chi connectivity index (χ0v) is 17.6. The number of amides is 1. The van der Waals surface area contributed by atoms with Crippen LogP contribution in [-0.2, 0) is 21.2 Å². The van der Waals surface area contributed by atoms with E-state index < -0.39 is 10.0 Å². The number of ether oxygens (including phenoxy) is 1. The number of sulfonamides is 1. The number of Topliss-reactive ketones (excluding diaryl/α,β-unsaturated/α-hetero) is 1. The Morgan fingerprint density at radius 3 is 2.30 bits per heavy atom. The summed E-state index contributed by atoms with van der Waals surface area (Å²) < 4.78 is 32.9. The Kier molecular flexibility index (Phi) is 5.62. The maximum absolute atomic E-state index is 12.9. The summed E-state index contributed by atoms with van der Waals surface area (Å²) in [6.07, 6.45) is 0.635. The number of rotatable bonds is 4. The van der Waals surface area contributed by atoms with Gasteiger partial charge < -0.3 is 9.64 Å². The van der Waals surface area contributed by atoms with Gasteiger partial charge in [-0.1, -0.05) is 30.3 Å². The molecule has 0 aliphatic carbocycles. The molecular formula is C22H24N2O5S. The van der Waals surface area contributed by atoms with Crippen molar-refractivity contribution < 1.29 is 22.7 Å². The van der Waals surface area contributed by atoms with E-state index in [9.17, 15) is 18.0 Å². The third-order valence-corrected chi connectivity index (χ3v) is 7.59. The highest BCUT2D eigenvalue weighted by molar-refractivity contribution is 7.89. The predicted octanol–water partition coefficient (Wildman–Crippen LogP) is 1.97. The Morgan fingerprint density at radius 2 is 1.63 bits per heavy atom. The molecule has 2 aliphatic heterocycles. The monoisotopic (exact) mass is 428 g/mol. The second kappa shape index (κ2) is 8.20. The SMILES string of the molecule is CC(=O)c1ccc(S(=O)(=O)N2CCN(C(=O)C3COc4ccccc4C3)CC2)cc1. The molecule has 2 aliphatic rings. The zero-order valence-electron chi connectivity index (χ0n) is 16.8. The van der Waals surface area contributed by atoms with Crippen LogP contribution in [0.4, 0.5) is 0 Å². The van der Waals surface area contributed by atoms with Crippen LogP contribution in [0.25, 0.3) is 0 Å². The number of nitrogens with zero attached hydrogens (tertiary/aromatic N) is 2. The highest BCUT2D eigenvalue weighted by Crippen LogP contribution is 2.28. The van der Waals surface area contributed by atoms with Crippen molar-refractivity contribution in [1.82, 2.24) is 9.21 Å². The van der Waals surface area contributed by atoms with E-state index in [0.717, 1.165) is 11.3 Å². The van der Waals surface area contributed by atoms with E-state index in [0.29, 0.717) is 31.7 Å². The van der Waals surface area contributed by atoms with Crippen LogP contribution in [0.2, 0.25) is 0 Å². The fourth-order valence-corrected chi connectivity index (χ4v) is 5.33. The van der Waals surface area contributed by atoms with Crippen LogP contribution in [-0.4, -0.2) is 62.1 Å². The van der Waals surface area contributed by atoms with Crippen molar-refractivity contribution in [1.29, 1.82) is 0 Å². The summed E-state index contributed by atoms with van der Waals surface area (Å²) >= 11 is 0. The molecule has 30 heavy (non-hydrogen) atoms. The van der Waals surface area contributed by atoms with E-state index >= 15 is 0 Å². The quantitative estimate of drug-likeness (QED) is 0.696. The van der Waals surface area contributed by atoms with Gasteiger partial charge in [-0.05, 0) is 37.1 Å². The van der Waals surface area contributed by atoms with Crippen LogP contribution >= 0.6 is 0 Å². The number of carbonyl (C=O) groups is 2. The lowest BCUT2D eigenvalue weighted by molar-refractivity contribution is -0.138. The van der Waals surface area contributed by atoms with E-state index in [4.69, 9.17) is 4.74 Å². The molecule has 2 heterocycles. The fraction of sp³-hybridized carbons (Fsp3) is 0.364. The summed E-state index contributed by atoms with van der Waals surface area (Å²) in [7, 11) is -3.66. The molecule has 1 unspecified atom stereocenters. The molecule has 158 valence electrons. The molecule has 4 rings (SSSR count). The van der Waals surface area contributed by atoms with Gasteiger partial charge in [-0.2, -0.15) is 4.31 Å². The molecule has 0 saturated carbocycles. The van der Waals surface area contributed by atoms with Gasteiger partial charge in [0, 0.05) is 31.7 Å². The third-order valence-electron chi connectivity index (χ3n) is 5.68. The van der Waals surface area contributed by atoms with Crippen molar-refractivity contribution in [2.24, 2.45) is 5.92 Å². The van der Waals surface area contributed by atoms with Gasteiger partial charge in [0.15, 0.2) is 5.78 Å². The summed E-state index contributed by atoms with van der Waals surface area (Å²) in [5, 5.41) is 0. The number of hydrogen-bond donors (Lipinski definition) is 0. The number of fused-ring (bicyclic) bond motifs is 1. The average Bonchev–Trinajstić information content (AvgIpc) is 2.78. The van der Waals surface area contributed by atoms with Crippen LogP contribution in [0.5, 0.6) is 5.75 Å². The van der Waals surface area contributed by atoms with E-state index in [-0.39, 0.29) is 35.6 Å². The van der Waals surface area contributed by atoms with Gasteiger partial charge in [0.1, 0.15) is 12.4 Å². The number of piperazine rings is 1. The molecule has 0 radical (unpaired) electrons. The summed E-state index contributed by atoms with van der Waals surface area (Å²) in [6, 6.07) is 13.7. The molecule has 1 saturated heterocycles. The minimum absolute atomic E-state index is 0.00682. The van der Waals surface area contributed by atoms with E-state index in [1.54, 1.807) is 4.90 Å². The molecule has 0 aromatic heterocycles. The van der Waals surface area contributed by atoms with Crippen LogP contribution < -0.4 is 4.74 Å². The highest BCUT2D eigenvalue weighted by Gasteiger charge is 2.34. The second-order valence-corrected chi connectivity index (χ2v) is 9.57. The normalized spacial score (nSPS) is 19.6. The van der Waals surface area contributed by atoms with E-state index in [1.807, 2.05) is 24.3 Å². The fourth-order valence-electron chi connectivity index (χ4n) is 3.90. The first-order valence-corrected chi connectivity index (χ1v) is 11.4. The van der Waals surface area contributed by atoms with Crippen molar-refractivity contribution in [3.8, 4) is 5.75 Å². The smallest absolute Gasteiger partial charge is 0.243 e. The first kappa shape index (κ1) is 20.6. The number of carbonyl (C=O) groups excluding carboxylic acids is 2. The van der Waals surface area contributed by atoms with Crippen molar-refractivity contribution in [2.75, 3.05) is 32.8 Å². The maximum Gasteiger partial charge on any atom is 0.243 e. The topological polar surface area (TPSA) is 84.0 Å². The van der Waals surface area contributed by atoms with Crippen LogP contribution in [0, 0.1) is 5.92 Å². The third kappa shape index (κ3) is 3.97. The molecule has 1 fully saturated rings. The van der Waals surface area contributed by atoms with Crippen molar-refractivity contribution in [3.05, 3.63) is 59.7 Å². The van der Waals surface area contributed by atoms with Gasteiger partial charge >= 0.3 is 0 Å². The average molecular weight is 429 g/mol. The highest BCUT2D eigenvalue weighted by atomic mass is 32.2. The molecule has 8 heteroatoms. The maximum atomic E-state index is 12.9. The standard InChI is InChI=1S/C22H24N2O5S/c1-16(25)17-6-8-20(9-7-17)30(27,28)24-12-10-23(11-13-24)22(26)19-14-18-4-2-3-5-21(18)29-15-19/h2-9,19H,10-15H2,1H3. The number of ketones is 1. The minimum Gasteiger partial charge on any atom is -0.492 e. The molecule has 0 N–H and O–H groups in total. The molecule has 7 nitrogen and oxygen atoms in total. The Bertz CT molecular complexity index is 1060. The first-order valence-electron chi connectivity index (χ1n) is 9.97. The lowest BCUT2D eigenvalue weighted by Gasteiger charge is -2.36. The first-order chi connectivity index (χ1) is 14.4. The molecule has 0 bridgehead atoms. The molecule has 2 aromatic carbocycles. The van der Waals surface area contributed by atoms with Gasteiger partial charge in [-0.3, -0.25) is 9.59 Å². The van der Waals surface area contributed by atoms with Gasteiger partial charge in [0.25, 0.3) is 0 Å². The van der Waals surface area contributed by atoms with Gasteiger partial charge in [0.2, 0.25) is 15.9 Å². The Balaban J connectivity index is 1.38. The van der Waals surface area contributed by atoms with Crippen molar-refractivity contribution in [2.45, 2.75) is 18.2 Å². The van der Waals surface area contributed by atoms with Crippen molar-refractivity contribution in [3.63, 3.8) is 0 Å². The van der Waals surface area contributed by atoms with Crippen LogP contribution in [0.1, 0.15) is 22.8 Å². The number of benzene rings is 2. The van der Waals surface area contributed by atoms with Gasteiger partial charge in [-0.15, -0.1) is 0 Å². The van der Waals surface area contributed by atoms with Crippen LogP contribution in [0.3, 0.4) is 0 Å². The largest absolute Gasteiger partial charge is 0.492 e. The summed E-state index contributed by atoms with van der Waals surface area (Å²) in [5.74, 6) is 0.475. The number of hydrogen-bond acceptors (Lipinski definition) is 5. The molecule has 1 amide bonds. The summed E-state index contributed by atoms with van der Waals surface area (Å²) in [5.41, 5.74) is 1.50. The lowest BCUT2D eigenvalue weighted by Crippen LogP contribution is -2.52. The summed E-state index contributed by atoms with van der Waals surface area (Å²) in [6.45, 7) is 2.97. The van der Waals surface area contributed by atoms with E-state index in [2.05, 4.69) is 0 Å². The van der Waals surface area contributed by atoms with Crippen molar-refractivity contribution >= 4 is 21.7 Å².